The van der Waals surface area contributed by atoms with Crippen molar-refractivity contribution in [1.29, 1.82) is 0 Å². The van der Waals surface area contributed by atoms with Crippen LogP contribution in [0.1, 0.15) is 37.0 Å². The molecule has 1 aliphatic rings. The number of nitrogens with one attached hydrogen (secondary N) is 1. The average Bonchev–Trinajstić information content (AvgIpc) is 2.60. The molecule has 1 N–H and O–H groups in total. The van der Waals surface area contributed by atoms with E-state index in [1.165, 1.54) is 12.1 Å². The molecule has 2 aromatic rings. The zero-order valence-electron chi connectivity index (χ0n) is 16.3. The van der Waals surface area contributed by atoms with Gasteiger partial charge in [-0.1, -0.05) is 0 Å². The number of hydrogen-bond acceptors (Lipinski definition) is 5. The lowest BCUT2D eigenvalue weighted by atomic mass is 10.1. The molecule has 27 heavy (non-hydrogen) atoms. The Hall–Kier alpha value is -2.70. The van der Waals surface area contributed by atoms with E-state index in [4.69, 9.17) is 0 Å². The number of rotatable bonds is 3. The van der Waals surface area contributed by atoms with Gasteiger partial charge in [-0.3, -0.25) is 4.79 Å². The monoisotopic (exact) mass is 371 g/mol. The molecule has 1 aliphatic heterocycles. The van der Waals surface area contributed by atoms with Crippen LogP contribution in [0.3, 0.4) is 0 Å². The summed E-state index contributed by atoms with van der Waals surface area (Å²) >= 11 is 0. The summed E-state index contributed by atoms with van der Waals surface area (Å²) in [6, 6.07) is 8.18. The molecule has 1 aromatic heterocycles. The zero-order valence-corrected chi connectivity index (χ0v) is 16.3. The Balaban J connectivity index is 1.68. The molecule has 0 aliphatic carbocycles. The fourth-order valence-corrected chi connectivity index (χ4v) is 3.05. The smallest absolute Gasteiger partial charge is 0.272 e. The molecule has 0 unspecified atom stereocenters. The third-order valence-electron chi connectivity index (χ3n) is 4.32. The number of hydrogen-bond donors (Lipinski definition) is 1. The first-order chi connectivity index (χ1) is 12.7. The van der Waals surface area contributed by atoms with Crippen molar-refractivity contribution in [1.82, 2.24) is 14.9 Å². The van der Waals surface area contributed by atoms with E-state index in [0.29, 0.717) is 37.8 Å². The minimum Gasteiger partial charge on any atom is -0.368 e. The highest BCUT2D eigenvalue weighted by Gasteiger charge is 2.24. The molecule has 1 amide bonds. The van der Waals surface area contributed by atoms with Gasteiger partial charge in [0.1, 0.15) is 11.5 Å². The van der Waals surface area contributed by atoms with Crippen molar-refractivity contribution < 1.29 is 9.18 Å². The third-order valence-corrected chi connectivity index (χ3v) is 4.32. The summed E-state index contributed by atoms with van der Waals surface area (Å²) < 4.78 is 13.1. The predicted molar refractivity (Wildman–Crippen MR) is 105 cm³/mol. The predicted octanol–water partition coefficient (Wildman–Crippen LogP) is 3.10. The number of nitrogens with zero attached hydrogens (tertiary/aromatic N) is 4. The molecular weight excluding hydrogens is 345 g/mol. The first-order valence-electron chi connectivity index (χ1n) is 9.15. The molecule has 3 rings (SSSR count). The van der Waals surface area contributed by atoms with Gasteiger partial charge in [0.25, 0.3) is 5.91 Å². The van der Waals surface area contributed by atoms with Gasteiger partial charge in [-0.25, -0.2) is 14.4 Å². The summed E-state index contributed by atoms with van der Waals surface area (Å²) in [6.07, 6.45) is 0. The molecule has 6 nitrogen and oxygen atoms in total. The van der Waals surface area contributed by atoms with E-state index in [-0.39, 0.29) is 17.3 Å². The van der Waals surface area contributed by atoms with E-state index in [2.05, 4.69) is 20.2 Å². The lowest BCUT2D eigenvalue weighted by molar-refractivity contribution is 0.0740. The van der Waals surface area contributed by atoms with Crippen LogP contribution in [0.25, 0.3) is 0 Å². The number of piperazine rings is 1. The summed E-state index contributed by atoms with van der Waals surface area (Å²) in [6.45, 7) is 10.5. The maximum absolute atomic E-state index is 13.1. The normalized spacial score (nSPS) is 15.0. The molecule has 2 heterocycles. The van der Waals surface area contributed by atoms with Gasteiger partial charge in [0.05, 0.1) is 0 Å². The van der Waals surface area contributed by atoms with Crippen molar-refractivity contribution in [3.05, 3.63) is 47.5 Å². The van der Waals surface area contributed by atoms with E-state index in [1.807, 2.05) is 32.6 Å². The van der Waals surface area contributed by atoms with E-state index in [0.717, 1.165) is 11.4 Å². The highest BCUT2D eigenvalue weighted by Crippen LogP contribution is 2.18. The van der Waals surface area contributed by atoms with Crippen molar-refractivity contribution in [2.24, 2.45) is 0 Å². The molecule has 0 atom stereocenters. The molecule has 7 heteroatoms. The molecule has 144 valence electrons. The maximum Gasteiger partial charge on any atom is 0.272 e. The average molecular weight is 371 g/mol. The largest absolute Gasteiger partial charge is 0.368 e. The summed E-state index contributed by atoms with van der Waals surface area (Å²) in [5.74, 6) is 0.137. The summed E-state index contributed by atoms with van der Waals surface area (Å²) in [5.41, 5.74) is 1.95. The van der Waals surface area contributed by atoms with Crippen LogP contribution in [0.2, 0.25) is 0 Å². The van der Waals surface area contributed by atoms with Gasteiger partial charge >= 0.3 is 0 Å². The van der Waals surface area contributed by atoms with Crippen LogP contribution in [-0.4, -0.2) is 52.5 Å². The number of amides is 1. The van der Waals surface area contributed by atoms with Crippen molar-refractivity contribution in [2.75, 3.05) is 36.4 Å². The summed E-state index contributed by atoms with van der Waals surface area (Å²) in [5, 5.41) is 3.22. The topological polar surface area (TPSA) is 61.4 Å². The van der Waals surface area contributed by atoms with Crippen molar-refractivity contribution in [2.45, 2.75) is 33.2 Å². The molecule has 0 spiro atoms. The Morgan fingerprint density at radius 2 is 1.70 bits per heavy atom. The fraction of sp³-hybridized carbons (Fsp3) is 0.450. The van der Waals surface area contributed by atoms with Gasteiger partial charge in [0, 0.05) is 43.1 Å². The molecule has 1 aromatic carbocycles. The number of anilines is 2. The van der Waals surface area contributed by atoms with Crippen LogP contribution in [0.4, 0.5) is 16.0 Å². The van der Waals surface area contributed by atoms with E-state index in [9.17, 15) is 9.18 Å². The fourth-order valence-electron chi connectivity index (χ4n) is 3.05. The molecule has 0 bridgehead atoms. The number of benzene rings is 1. The van der Waals surface area contributed by atoms with Gasteiger partial charge in [-0.15, -0.1) is 0 Å². The van der Waals surface area contributed by atoms with Crippen molar-refractivity contribution in [3.63, 3.8) is 0 Å². The van der Waals surface area contributed by atoms with E-state index < -0.39 is 0 Å². The van der Waals surface area contributed by atoms with E-state index in [1.54, 1.807) is 18.2 Å². The first-order valence-corrected chi connectivity index (χ1v) is 9.15. The van der Waals surface area contributed by atoms with Gasteiger partial charge in [-0.05, 0) is 58.0 Å². The maximum atomic E-state index is 13.1. The minimum atomic E-state index is -0.244. The number of aryl methyl sites for hydroxylation is 1. The Kier molecular flexibility index (Phi) is 5.30. The second-order valence-corrected chi connectivity index (χ2v) is 7.85. The second-order valence-electron chi connectivity index (χ2n) is 7.85. The van der Waals surface area contributed by atoms with Gasteiger partial charge in [0.2, 0.25) is 5.95 Å². The zero-order chi connectivity index (χ0) is 19.6. The van der Waals surface area contributed by atoms with Crippen LogP contribution < -0.4 is 10.2 Å². The first kappa shape index (κ1) is 19.1. The van der Waals surface area contributed by atoms with Crippen molar-refractivity contribution >= 4 is 17.5 Å². The Morgan fingerprint density at radius 3 is 2.30 bits per heavy atom. The third kappa shape index (κ3) is 4.93. The molecule has 0 saturated carbocycles. The Labute approximate surface area is 159 Å². The Morgan fingerprint density at radius 1 is 1.07 bits per heavy atom. The molecular formula is C20H26FN5O. The molecule has 1 fully saturated rings. The van der Waals surface area contributed by atoms with Crippen LogP contribution in [-0.2, 0) is 0 Å². The van der Waals surface area contributed by atoms with Gasteiger partial charge in [0.15, 0.2) is 0 Å². The highest BCUT2D eigenvalue weighted by atomic mass is 19.1. The molecule has 0 radical (unpaired) electrons. The van der Waals surface area contributed by atoms with Crippen LogP contribution in [0.5, 0.6) is 0 Å². The summed E-state index contributed by atoms with van der Waals surface area (Å²) in [4.78, 5) is 25.6. The van der Waals surface area contributed by atoms with Crippen molar-refractivity contribution in [3.8, 4) is 0 Å². The second kappa shape index (κ2) is 7.50. The number of carbonyl (C=O) groups is 1. The van der Waals surface area contributed by atoms with Crippen LogP contribution >= 0.6 is 0 Å². The highest BCUT2D eigenvalue weighted by molar-refractivity contribution is 5.92. The standard InChI is InChI=1S/C20H26FN5O/c1-14-13-17(23-19(22-14)24-20(2,3)4)18(27)26-11-9-25(10-12-26)16-7-5-15(21)6-8-16/h5-8,13H,9-12H2,1-4H3,(H,22,23,24). The van der Waals surface area contributed by atoms with Gasteiger partial charge in [-0.2, -0.15) is 0 Å². The molecule has 1 saturated heterocycles. The van der Waals surface area contributed by atoms with Gasteiger partial charge < -0.3 is 15.1 Å². The number of aromatic nitrogens is 2. The SMILES string of the molecule is Cc1cc(C(=O)N2CCN(c3ccc(F)cc3)CC2)nc(NC(C)(C)C)n1. The Bertz CT molecular complexity index is 808. The number of halogens is 1. The van der Waals surface area contributed by atoms with Crippen LogP contribution in [0.15, 0.2) is 30.3 Å². The van der Waals surface area contributed by atoms with Crippen LogP contribution in [0, 0.1) is 12.7 Å². The van der Waals surface area contributed by atoms with E-state index >= 15 is 0 Å². The summed E-state index contributed by atoms with van der Waals surface area (Å²) in [7, 11) is 0. The minimum absolute atomic E-state index is 0.0868. The lowest BCUT2D eigenvalue weighted by Gasteiger charge is -2.36. The lowest BCUT2D eigenvalue weighted by Crippen LogP contribution is -2.49. The quantitative estimate of drug-likeness (QED) is 0.898. The number of carbonyl (C=O) groups excluding carboxylic acids is 1.